The van der Waals surface area contributed by atoms with Gasteiger partial charge in [0.2, 0.25) is 0 Å². The van der Waals surface area contributed by atoms with Crippen molar-refractivity contribution in [2.24, 2.45) is 0 Å². The van der Waals surface area contributed by atoms with Crippen LogP contribution in [0, 0.1) is 5.82 Å². The molecule has 4 rings (SSSR count). The van der Waals surface area contributed by atoms with E-state index in [4.69, 9.17) is 0 Å². The Balaban J connectivity index is 1.74. The van der Waals surface area contributed by atoms with E-state index in [1.165, 1.54) is 22.9 Å². The fraction of sp³-hybridized carbons (Fsp3) is 0.318. The maximum atomic E-state index is 14.7. The summed E-state index contributed by atoms with van der Waals surface area (Å²) in [5.41, 5.74) is 1.49. The highest BCUT2D eigenvalue weighted by molar-refractivity contribution is 5.66. The van der Waals surface area contributed by atoms with Crippen LogP contribution in [0.1, 0.15) is 11.1 Å². The average Bonchev–Trinajstić information content (AvgIpc) is 3.13. The van der Waals surface area contributed by atoms with Crippen LogP contribution in [0.5, 0.6) is 0 Å². The third-order valence-corrected chi connectivity index (χ3v) is 5.40. The molecule has 0 atom stereocenters. The van der Waals surface area contributed by atoms with Crippen molar-refractivity contribution >= 4 is 0 Å². The molecular weight excluding hydrogens is 396 g/mol. The second-order valence-corrected chi connectivity index (χ2v) is 7.53. The van der Waals surface area contributed by atoms with Gasteiger partial charge in [0.05, 0.1) is 23.1 Å². The molecule has 0 bridgehead atoms. The molecule has 1 aromatic heterocycles. The van der Waals surface area contributed by atoms with E-state index >= 15 is 0 Å². The molecule has 0 unspecified atom stereocenters. The van der Waals surface area contributed by atoms with Crippen molar-refractivity contribution in [1.29, 1.82) is 0 Å². The quantitative estimate of drug-likeness (QED) is 0.586. The number of likely N-dealkylation sites (N-methyl/N-ethyl adjacent to an activating group) is 1. The van der Waals surface area contributed by atoms with Gasteiger partial charge in [-0.2, -0.15) is 18.3 Å². The molecule has 3 aromatic rings. The summed E-state index contributed by atoms with van der Waals surface area (Å²) in [6, 6.07) is 11.1. The van der Waals surface area contributed by atoms with E-state index in [9.17, 15) is 17.6 Å². The zero-order chi connectivity index (χ0) is 21.3. The number of alkyl halides is 3. The number of aromatic nitrogens is 2. The minimum absolute atomic E-state index is 0.374. The normalized spacial score (nSPS) is 16.2. The second-order valence-electron chi connectivity index (χ2n) is 7.53. The summed E-state index contributed by atoms with van der Waals surface area (Å²) in [6.45, 7) is 4.26. The van der Waals surface area contributed by atoms with E-state index in [0.717, 1.165) is 43.9 Å². The summed E-state index contributed by atoms with van der Waals surface area (Å²) in [5, 5.41) is 4.41. The number of benzene rings is 2. The lowest BCUT2D eigenvalue weighted by atomic mass is 10.1. The lowest BCUT2D eigenvalue weighted by Gasteiger charge is -2.32. The van der Waals surface area contributed by atoms with E-state index < -0.39 is 17.6 Å². The first-order valence-electron chi connectivity index (χ1n) is 9.73. The van der Waals surface area contributed by atoms with Gasteiger partial charge in [-0.3, -0.25) is 4.90 Å². The molecule has 2 heterocycles. The van der Waals surface area contributed by atoms with E-state index in [1.54, 1.807) is 24.4 Å². The van der Waals surface area contributed by atoms with E-state index in [0.29, 0.717) is 23.5 Å². The zero-order valence-electron chi connectivity index (χ0n) is 16.5. The summed E-state index contributed by atoms with van der Waals surface area (Å²) in [6.07, 6.45) is -2.73. The Bertz CT molecular complexity index is 1000. The first-order chi connectivity index (χ1) is 14.3. The fourth-order valence-corrected chi connectivity index (χ4v) is 3.67. The molecule has 30 heavy (non-hydrogen) atoms. The van der Waals surface area contributed by atoms with Crippen molar-refractivity contribution in [2.45, 2.75) is 12.7 Å². The van der Waals surface area contributed by atoms with E-state index in [1.807, 2.05) is 0 Å². The average molecular weight is 418 g/mol. The van der Waals surface area contributed by atoms with Gasteiger partial charge < -0.3 is 4.90 Å². The van der Waals surface area contributed by atoms with Crippen LogP contribution in [0.2, 0.25) is 0 Å². The molecule has 4 nitrogen and oxygen atoms in total. The first-order valence-corrected chi connectivity index (χ1v) is 9.73. The van der Waals surface area contributed by atoms with Gasteiger partial charge in [0.15, 0.2) is 0 Å². The maximum Gasteiger partial charge on any atom is 0.416 e. The van der Waals surface area contributed by atoms with Crippen molar-refractivity contribution in [3.8, 4) is 16.9 Å². The van der Waals surface area contributed by atoms with E-state index in [-0.39, 0.29) is 0 Å². The molecule has 1 saturated heterocycles. The van der Waals surface area contributed by atoms with Crippen LogP contribution in [-0.2, 0) is 12.7 Å². The molecule has 0 amide bonds. The predicted octanol–water partition coefficient (Wildman–Crippen LogP) is 4.44. The molecule has 158 valence electrons. The lowest BCUT2D eigenvalue weighted by molar-refractivity contribution is -0.137. The monoisotopic (exact) mass is 418 g/mol. The van der Waals surface area contributed by atoms with Crippen LogP contribution in [0.25, 0.3) is 16.9 Å². The molecule has 8 heteroatoms. The van der Waals surface area contributed by atoms with Crippen molar-refractivity contribution in [3.05, 3.63) is 71.7 Å². The third kappa shape index (κ3) is 4.24. The highest BCUT2D eigenvalue weighted by Crippen LogP contribution is 2.32. The molecule has 1 aliphatic rings. The van der Waals surface area contributed by atoms with Crippen molar-refractivity contribution < 1.29 is 17.6 Å². The number of hydrogen-bond donors (Lipinski definition) is 0. The Morgan fingerprint density at radius 1 is 0.933 bits per heavy atom. The van der Waals surface area contributed by atoms with Crippen LogP contribution in [0.4, 0.5) is 17.6 Å². The number of piperazine rings is 1. The van der Waals surface area contributed by atoms with Gasteiger partial charge >= 0.3 is 6.18 Å². The second kappa shape index (κ2) is 8.20. The van der Waals surface area contributed by atoms with Crippen molar-refractivity contribution in [1.82, 2.24) is 19.6 Å². The first kappa shape index (κ1) is 20.6. The van der Waals surface area contributed by atoms with Gasteiger partial charge in [0, 0.05) is 43.9 Å². The van der Waals surface area contributed by atoms with Gasteiger partial charge in [-0.25, -0.2) is 9.07 Å². The topological polar surface area (TPSA) is 24.3 Å². The van der Waals surface area contributed by atoms with Crippen molar-refractivity contribution in [3.63, 3.8) is 0 Å². The summed E-state index contributed by atoms with van der Waals surface area (Å²) < 4.78 is 55.0. The number of rotatable bonds is 4. The van der Waals surface area contributed by atoms with E-state index in [2.05, 4.69) is 21.9 Å². The molecule has 0 saturated carbocycles. The highest BCUT2D eigenvalue weighted by atomic mass is 19.4. The number of nitrogens with zero attached hydrogens (tertiary/aromatic N) is 4. The summed E-state index contributed by atoms with van der Waals surface area (Å²) in [4.78, 5) is 4.53. The Hall–Kier alpha value is -2.71. The van der Waals surface area contributed by atoms with Crippen LogP contribution in [0.15, 0.2) is 54.7 Å². The number of hydrogen-bond acceptors (Lipinski definition) is 3. The summed E-state index contributed by atoms with van der Waals surface area (Å²) in [7, 11) is 2.07. The number of halogens is 4. The van der Waals surface area contributed by atoms with Gasteiger partial charge in [-0.1, -0.05) is 12.1 Å². The summed E-state index contributed by atoms with van der Waals surface area (Å²) >= 11 is 0. The standard InChI is InChI=1S/C22H22F4N4/c1-28-10-12-29(13-11-28)15-16-14-27-30(21(16)19-4-2-3-5-20(19)23)18-8-6-17(7-9-18)22(24,25)26/h2-9,14H,10-13,15H2,1H3. The van der Waals surface area contributed by atoms with Crippen LogP contribution in [-0.4, -0.2) is 52.8 Å². The SMILES string of the molecule is CN1CCN(Cc2cnn(-c3ccc(C(F)(F)F)cc3)c2-c2ccccc2F)CC1. The largest absolute Gasteiger partial charge is 0.416 e. The maximum absolute atomic E-state index is 14.7. The van der Waals surface area contributed by atoms with Gasteiger partial charge in [-0.15, -0.1) is 0 Å². The molecule has 0 spiro atoms. The van der Waals surface area contributed by atoms with Crippen molar-refractivity contribution in [2.75, 3.05) is 33.2 Å². The smallest absolute Gasteiger partial charge is 0.304 e. The van der Waals surface area contributed by atoms with Gasteiger partial charge in [-0.05, 0) is 43.4 Å². The molecule has 0 radical (unpaired) electrons. The Kier molecular flexibility index (Phi) is 5.62. The molecule has 1 aliphatic heterocycles. The zero-order valence-corrected chi connectivity index (χ0v) is 16.5. The van der Waals surface area contributed by atoms with Crippen LogP contribution < -0.4 is 0 Å². The fourth-order valence-electron chi connectivity index (χ4n) is 3.67. The minimum atomic E-state index is -4.41. The lowest BCUT2D eigenvalue weighted by Crippen LogP contribution is -2.43. The Morgan fingerprint density at radius 3 is 2.23 bits per heavy atom. The molecule has 0 aliphatic carbocycles. The molecule has 0 N–H and O–H groups in total. The third-order valence-electron chi connectivity index (χ3n) is 5.40. The molecule has 1 fully saturated rings. The Labute approximate surface area is 172 Å². The molecular formula is C22H22F4N4. The predicted molar refractivity (Wildman–Crippen MR) is 107 cm³/mol. The Morgan fingerprint density at radius 2 is 1.60 bits per heavy atom. The molecule has 2 aromatic carbocycles. The van der Waals surface area contributed by atoms with Crippen LogP contribution in [0.3, 0.4) is 0 Å². The van der Waals surface area contributed by atoms with Gasteiger partial charge in [0.1, 0.15) is 5.82 Å². The van der Waals surface area contributed by atoms with Crippen LogP contribution >= 0.6 is 0 Å². The highest BCUT2D eigenvalue weighted by Gasteiger charge is 2.30. The summed E-state index contributed by atoms with van der Waals surface area (Å²) in [5.74, 6) is -0.397. The minimum Gasteiger partial charge on any atom is -0.304 e. The van der Waals surface area contributed by atoms with Gasteiger partial charge in [0.25, 0.3) is 0 Å².